The molecule has 0 unspecified atom stereocenters. The molecule has 1 saturated heterocycles. The number of amides is 1. The second-order valence-electron chi connectivity index (χ2n) is 9.38. The Morgan fingerprint density at radius 2 is 1.72 bits per heavy atom. The van der Waals surface area contributed by atoms with E-state index < -0.39 is 10.0 Å². The summed E-state index contributed by atoms with van der Waals surface area (Å²) in [6.45, 7) is 3.71. The van der Waals surface area contributed by atoms with Crippen LogP contribution in [0, 0.1) is 0 Å². The number of carbonyl (C=O) groups is 1. The first-order valence-electron chi connectivity index (χ1n) is 12.6. The number of nitrogens with one attached hydrogen (secondary N) is 1. The van der Waals surface area contributed by atoms with Gasteiger partial charge in [0.15, 0.2) is 0 Å². The number of nitrogen functional groups attached to an aromatic ring is 1. The lowest BCUT2D eigenvalue weighted by Gasteiger charge is -2.34. The van der Waals surface area contributed by atoms with E-state index in [4.69, 9.17) is 5.73 Å². The minimum Gasteiger partial charge on any atom is -0.397 e. The zero-order valence-corrected chi connectivity index (χ0v) is 22.4. The lowest BCUT2D eigenvalue weighted by molar-refractivity contribution is -0.111. The maximum absolute atomic E-state index is 13.3. The fraction of sp³-hybridized carbons (Fsp3) is 0.172. The number of aromatic nitrogens is 2. The summed E-state index contributed by atoms with van der Waals surface area (Å²) < 4.78 is 27.7. The number of rotatable bonds is 7. The average molecular weight is 543 g/mol. The molecule has 0 spiro atoms. The van der Waals surface area contributed by atoms with Crippen molar-refractivity contribution in [3.05, 3.63) is 97.0 Å². The first-order valence-corrected chi connectivity index (χ1v) is 14.0. The SMILES string of the molecule is CN1CCN(c2ncccc2-c2ccc(S(=O)(=O)n3ccc(/C=C/C(=O)Nc4ccccc4N)c3)cc2)CC1. The Hall–Kier alpha value is -4.41. The van der Waals surface area contributed by atoms with Crippen LogP contribution in [-0.4, -0.2) is 61.4 Å². The van der Waals surface area contributed by atoms with Gasteiger partial charge in [-0.25, -0.2) is 17.4 Å². The molecular weight excluding hydrogens is 512 g/mol. The number of likely N-dealkylation sites (N-methyl/N-ethyl adjacent to an activating group) is 1. The highest BCUT2D eigenvalue weighted by Gasteiger charge is 2.20. The van der Waals surface area contributed by atoms with Crippen molar-refractivity contribution in [1.82, 2.24) is 13.9 Å². The molecule has 39 heavy (non-hydrogen) atoms. The van der Waals surface area contributed by atoms with E-state index in [0.29, 0.717) is 16.9 Å². The van der Waals surface area contributed by atoms with Gasteiger partial charge < -0.3 is 20.9 Å². The molecule has 3 heterocycles. The van der Waals surface area contributed by atoms with Gasteiger partial charge in [-0.1, -0.05) is 24.3 Å². The summed E-state index contributed by atoms with van der Waals surface area (Å²) in [6.07, 6.45) is 7.60. The molecule has 200 valence electrons. The molecular formula is C29H30N6O3S. The van der Waals surface area contributed by atoms with Crippen LogP contribution in [0.15, 0.2) is 96.3 Å². The van der Waals surface area contributed by atoms with Crippen LogP contribution in [0.25, 0.3) is 17.2 Å². The van der Waals surface area contributed by atoms with Gasteiger partial charge in [0.1, 0.15) is 5.82 Å². The van der Waals surface area contributed by atoms with E-state index in [1.807, 2.05) is 24.3 Å². The van der Waals surface area contributed by atoms with Crippen LogP contribution in [0.5, 0.6) is 0 Å². The van der Waals surface area contributed by atoms with E-state index in [0.717, 1.165) is 47.1 Å². The van der Waals surface area contributed by atoms with E-state index in [9.17, 15) is 13.2 Å². The lowest BCUT2D eigenvalue weighted by atomic mass is 10.1. The number of carbonyl (C=O) groups excluding carboxylic acids is 1. The average Bonchev–Trinajstić information content (AvgIpc) is 3.44. The summed E-state index contributed by atoms with van der Waals surface area (Å²) in [5.74, 6) is 0.535. The van der Waals surface area contributed by atoms with Crippen molar-refractivity contribution in [2.45, 2.75) is 4.90 Å². The second kappa shape index (κ2) is 11.1. The first-order chi connectivity index (χ1) is 18.8. The molecule has 1 fully saturated rings. The monoisotopic (exact) mass is 542 g/mol. The molecule has 5 rings (SSSR count). The molecule has 1 aliphatic heterocycles. The second-order valence-corrected chi connectivity index (χ2v) is 11.2. The molecule has 2 aromatic heterocycles. The highest BCUT2D eigenvalue weighted by atomic mass is 32.2. The summed E-state index contributed by atoms with van der Waals surface area (Å²) >= 11 is 0. The van der Waals surface area contributed by atoms with Crippen molar-refractivity contribution < 1.29 is 13.2 Å². The topological polar surface area (TPSA) is 114 Å². The van der Waals surface area contributed by atoms with E-state index >= 15 is 0 Å². The van der Waals surface area contributed by atoms with Crippen molar-refractivity contribution >= 4 is 39.2 Å². The zero-order valence-electron chi connectivity index (χ0n) is 21.6. The number of pyridine rings is 1. The van der Waals surface area contributed by atoms with Gasteiger partial charge in [0.05, 0.1) is 16.3 Å². The fourth-order valence-corrected chi connectivity index (χ4v) is 5.62. The Kier molecular flexibility index (Phi) is 7.49. The fourth-order valence-electron chi connectivity index (χ4n) is 4.42. The predicted molar refractivity (Wildman–Crippen MR) is 155 cm³/mol. The van der Waals surface area contributed by atoms with Gasteiger partial charge >= 0.3 is 0 Å². The minimum absolute atomic E-state index is 0.166. The van der Waals surface area contributed by atoms with E-state index in [-0.39, 0.29) is 10.8 Å². The molecule has 3 N–H and O–H groups in total. The summed E-state index contributed by atoms with van der Waals surface area (Å²) in [5, 5.41) is 2.70. The van der Waals surface area contributed by atoms with Crippen LogP contribution in [0.2, 0.25) is 0 Å². The molecule has 10 heteroatoms. The number of anilines is 3. The molecule has 1 aliphatic rings. The highest BCUT2D eigenvalue weighted by Crippen LogP contribution is 2.30. The highest BCUT2D eigenvalue weighted by molar-refractivity contribution is 7.90. The van der Waals surface area contributed by atoms with Gasteiger partial charge in [0.25, 0.3) is 10.0 Å². The Morgan fingerprint density at radius 1 is 0.974 bits per heavy atom. The molecule has 0 atom stereocenters. The number of piperazine rings is 1. The molecule has 0 aliphatic carbocycles. The van der Waals surface area contributed by atoms with Crippen molar-refractivity contribution in [1.29, 1.82) is 0 Å². The van der Waals surface area contributed by atoms with Crippen LogP contribution in [0.4, 0.5) is 17.2 Å². The maximum atomic E-state index is 13.3. The largest absolute Gasteiger partial charge is 0.397 e. The zero-order chi connectivity index (χ0) is 27.4. The summed E-state index contributed by atoms with van der Waals surface area (Å²) in [5.41, 5.74) is 9.26. The summed E-state index contributed by atoms with van der Waals surface area (Å²) in [7, 11) is -1.70. The van der Waals surface area contributed by atoms with Crippen molar-refractivity contribution in [3.63, 3.8) is 0 Å². The lowest BCUT2D eigenvalue weighted by Crippen LogP contribution is -2.45. The van der Waals surface area contributed by atoms with Crippen LogP contribution >= 0.6 is 0 Å². The van der Waals surface area contributed by atoms with E-state index in [1.165, 1.54) is 18.5 Å². The van der Waals surface area contributed by atoms with Crippen molar-refractivity contribution in [2.75, 3.05) is 49.2 Å². The number of hydrogen-bond donors (Lipinski definition) is 2. The third-order valence-corrected chi connectivity index (χ3v) is 8.32. The molecule has 1 amide bonds. The van der Waals surface area contributed by atoms with Crippen molar-refractivity contribution in [3.8, 4) is 11.1 Å². The van der Waals surface area contributed by atoms with Crippen LogP contribution < -0.4 is 16.0 Å². The Labute approximate surface area is 228 Å². The Morgan fingerprint density at radius 3 is 2.46 bits per heavy atom. The van der Waals surface area contributed by atoms with Gasteiger partial charge in [-0.15, -0.1) is 0 Å². The first kappa shape index (κ1) is 26.2. The third kappa shape index (κ3) is 5.87. The Bertz CT molecular complexity index is 1600. The van der Waals surface area contributed by atoms with E-state index in [2.05, 4.69) is 27.1 Å². The molecule has 0 radical (unpaired) electrons. The van der Waals surface area contributed by atoms with Gasteiger partial charge in [-0.2, -0.15) is 0 Å². The van der Waals surface area contributed by atoms with Gasteiger partial charge in [0, 0.05) is 56.4 Å². The van der Waals surface area contributed by atoms with Crippen LogP contribution in [-0.2, 0) is 14.8 Å². The van der Waals surface area contributed by atoms with E-state index in [1.54, 1.807) is 54.7 Å². The van der Waals surface area contributed by atoms with Crippen molar-refractivity contribution in [2.24, 2.45) is 0 Å². The summed E-state index contributed by atoms with van der Waals surface area (Å²) in [6, 6.07) is 19.3. The number of para-hydroxylation sites is 2. The minimum atomic E-state index is -3.81. The van der Waals surface area contributed by atoms with Gasteiger partial charge in [-0.3, -0.25) is 4.79 Å². The predicted octanol–water partition coefficient (Wildman–Crippen LogP) is 3.77. The standard InChI is InChI=1S/C29H30N6O3S/c1-33-17-19-34(20-18-33)29-25(5-4-15-31-29)23-9-11-24(12-10-23)39(37,38)35-16-14-22(21-35)8-13-28(36)32-27-7-3-2-6-26(27)30/h2-16,21H,17-20,30H2,1H3,(H,32,36)/b13-8+. The molecule has 2 aromatic carbocycles. The number of benzene rings is 2. The van der Waals surface area contributed by atoms with Gasteiger partial charge in [0.2, 0.25) is 5.91 Å². The molecule has 0 bridgehead atoms. The quantitative estimate of drug-likeness (QED) is 0.270. The molecule has 9 nitrogen and oxygen atoms in total. The van der Waals surface area contributed by atoms with Gasteiger partial charge in [-0.05, 0) is 66.7 Å². The third-order valence-electron chi connectivity index (χ3n) is 6.67. The normalized spacial score (nSPS) is 14.5. The Balaban J connectivity index is 1.30. The number of hydrogen-bond acceptors (Lipinski definition) is 7. The smallest absolute Gasteiger partial charge is 0.267 e. The number of nitrogens with two attached hydrogens (primary N) is 1. The maximum Gasteiger partial charge on any atom is 0.267 e. The number of nitrogens with zero attached hydrogens (tertiary/aromatic N) is 4. The molecule has 4 aromatic rings. The molecule has 0 saturated carbocycles. The van der Waals surface area contributed by atoms with Crippen LogP contribution in [0.1, 0.15) is 5.56 Å². The van der Waals surface area contributed by atoms with Crippen LogP contribution in [0.3, 0.4) is 0 Å². The summed E-state index contributed by atoms with van der Waals surface area (Å²) in [4.78, 5) is 21.6.